The first-order valence-corrected chi connectivity index (χ1v) is 11.5. The number of nitrogen functional groups attached to an aromatic ring is 1. The van der Waals surface area contributed by atoms with E-state index in [1.165, 1.54) is 12.3 Å². The summed E-state index contributed by atoms with van der Waals surface area (Å²) >= 11 is 0. The van der Waals surface area contributed by atoms with Gasteiger partial charge in [-0.2, -0.15) is 0 Å². The number of fused-ring (bicyclic) bond motifs is 1. The Morgan fingerprint density at radius 2 is 2.00 bits per heavy atom. The molecule has 3 aliphatic rings. The van der Waals surface area contributed by atoms with Crippen LogP contribution < -0.4 is 16.2 Å². The van der Waals surface area contributed by atoms with E-state index in [1.54, 1.807) is 6.08 Å². The third-order valence-electron chi connectivity index (χ3n) is 6.69. The maximum absolute atomic E-state index is 12.7. The second kappa shape index (κ2) is 9.50. The first-order chi connectivity index (χ1) is 15.6. The van der Waals surface area contributed by atoms with Crippen LogP contribution in [0.5, 0.6) is 5.75 Å². The van der Waals surface area contributed by atoms with Gasteiger partial charge >= 0.3 is 6.36 Å². The zero-order valence-corrected chi connectivity index (χ0v) is 19.0. The molecule has 1 aromatic heterocycles. The molecule has 3 fully saturated rings. The van der Waals surface area contributed by atoms with Crippen LogP contribution >= 0.6 is 0 Å². The van der Waals surface area contributed by atoms with Crippen LogP contribution in [0.15, 0.2) is 23.3 Å². The van der Waals surface area contributed by atoms with Crippen molar-refractivity contribution < 1.29 is 22.6 Å². The number of ether oxygens (including phenoxy) is 2. The Morgan fingerprint density at radius 3 is 2.67 bits per heavy atom. The number of alkyl halides is 3. The van der Waals surface area contributed by atoms with Gasteiger partial charge in [0.25, 0.3) is 0 Å². The summed E-state index contributed by atoms with van der Waals surface area (Å²) in [6.45, 7) is 7.71. The Kier molecular flexibility index (Phi) is 6.86. The van der Waals surface area contributed by atoms with Crippen molar-refractivity contribution in [3.63, 3.8) is 0 Å². The van der Waals surface area contributed by atoms with E-state index in [2.05, 4.69) is 14.6 Å². The molecule has 1 aliphatic heterocycles. The van der Waals surface area contributed by atoms with Gasteiger partial charge in [-0.15, -0.1) is 13.2 Å². The molecule has 1 aromatic rings. The monoisotopic (exact) mass is 467 g/mol. The van der Waals surface area contributed by atoms with E-state index in [4.69, 9.17) is 21.2 Å². The lowest BCUT2D eigenvalue weighted by atomic mass is 10.0. The van der Waals surface area contributed by atoms with Crippen molar-refractivity contribution in [3.8, 4) is 5.75 Å². The van der Waals surface area contributed by atoms with Crippen LogP contribution in [-0.4, -0.2) is 60.3 Å². The molecule has 0 bridgehead atoms. The first kappa shape index (κ1) is 23.8. The SMILES string of the molecule is CC(C)N=C(C=C(N)c1cnc(N)c(OC(F)(F)F)c1)C1C2CC(N3CCCOCC3)CC21. The van der Waals surface area contributed by atoms with E-state index in [1.807, 2.05) is 13.8 Å². The summed E-state index contributed by atoms with van der Waals surface area (Å²) in [6, 6.07) is 1.83. The average molecular weight is 468 g/mol. The average Bonchev–Trinajstić information content (AvgIpc) is 3.34. The zero-order chi connectivity index (χ0) is 23.8. The topological polar surface area (TPSA) is 99.0 Å². The molecule has 2 saturated carbocycles. The fraction of sp³-hybridized carbons (Fsp3) is 0.652. The highest BCUT2D eigenvalue weighted by Crippen LogP contribution is 2.59. The Balaban J connectivity index is 1.48. The Bertz CT molecular complexity index is 898. The summed E-state index contributed by atoms with van der Waals surface area (Å²) in [5, 5.41) is 0. The van der Waals surface area contributed by atoms with Gasteiger partial charge in [-0.25, -0.2) is 4.98 Å². The van der Waals surface area contributed by atoms with Crippen LogP contribution in [-0.2, 0) is 4.74 Å². The predicted octanol–water partition coefficient (Wildman–Crippen LogP) is 3.46. The number of nitrogens with two attached hydrogens (primary N) is 2. The van der Waals surface area contributed by atoms with Gasteiger partial charge < -0.3 is 20.9 Å². The molecule has 2 atom stereocenters. The van der Waals surface area contributed by atoms with Crippen molar-refractivity contribution in [2.45, 2.75) is 51.6 Å². The number of aliphatic imine (C=N–C) groups is 1. The minimum atomic E-state index is -4.86. The molecule has 33 heavy (non-hydrogen) atoms. The summed E-state index contributed by atoms with van der Waals surface area (Å²) in [7, 11) is 0. The molecule has 1 saturated heterocycles. The van der Waals surface area contributed by atoms with E-state index in [0.29, 0.717) is 35.1 Å². The van der Waals surface area contributed by atoms with Crippen LogP contribution in [0.25, 0.3) is 5.70 Å². The van der Waals surface area contributed by atoms with E-state index in [-0.39, 0.29) is 11.9 Å². The van der Waals surface area contributed by atoms with Gasteiger partial charge in [-0.05, 0) is 57.1 Å². The number of aromatic nitrogens is 1. The Hall–Kier alpha value is -2.33. The van der Waals surface area contributed by atoms with Crippen molar-refractivity contribution in [3.05, 3.63) is 23.9 Å². The maximum atomic E-state index is 12.7. The summed E-state index contributed by atoms with van der Waals surface area (Å²) in [5.74, 6) is 0.551. The summed E-state index contributed by atoms with van der Waals surface area (Å²) < 4.78 is 47.5. The van der Waals surface area contributed by atoms with E-state index < -0.39 is 12.1 Å². The molecule has 182 valence electrons. The van der Waals surface area contributed by atoms with Gasteiger partial charge in [0, 0.05) is 60.9 Å². The molecule has 2 heterocycles. The number of halogens is 3. The fourth-order valence-electron chi connectivity index (χ4n) is 5.26. The molecule has 0 aromatic carbocycles. The molecule has 2 aliphatic carbocycles. The molecular formula is C23H32F3N5O2. The Labute approximate surface area is 192 Å². The fourth-order valence-corrected chi connectivity index (χ4v) is 5.26. The molecule has 10 heteroatoms. The van der Waals surface area contributed by atoms with Crippen LogP contribution in [0.4, 0.5) is 19.0 Å². The number of rotatable bonds is 6. The molecule has 7 nitrogen and oxygen atoms in total. The van der Waals surface area contributed by atoms with Crippen molar-refractivity contribution in [2.24, 2.45) is 28.5 Å². The maximum Gasteiger partial charge on any atom is 0.573 e. The zero-order valence-electron chi connectivity index (χ0n) is 19.0. The minimum Gasteiger partial charge on any atom is -0.402 e. The van der Waals surface area contributed by atoms with Crippen molar-refractivity contribution in [2.75, 3.05) is 32.0 Å². The van der Waals surface area contributed by atoms with Gasteiger partial charge in [0.15, 0.2) is 11.6 Å². The third-order valence-corrected chi connectivity index (χ3v) is 6.69. The number of hydrogen-bond acceptors (Lipinski definition) is 7. The highest BCUT2D eigenvalue weighted by Gasteiger charge is 2.58. The van der Waals surface area contributed by atoms with Crippen molar-refractivity contribution in [1.29, 1.82) is 0 Å². The van der Waals surface area contributed by atoms with E-state index in [9.17, 15) is 13.2 Å². The predicted molar refractivity (Wildman–Crippen MR) is 121 cm³/mol. The normalized spacial score (nSPS) is 29.2. The third kappa shape index (κ3) is 5.78. The lowest BCUT2D eigenvalue weighted by molar-refractivity contribution is -0.274. The quantitative estimate of drug-likeness (QED) is 0.622. The number of nitrogens with zero attached hydrogens (tertiary/aromatic N) is 3. The van der Waals surface area contributed by atoms with Gasteiger partial charge in [0.2, 0.25) is 0 Å². The van der Waals surface area contributed by atoms with Crippen LogP contribution in [0.1, 0.15) is 38.7 Å². The number of pyridine rings is 1. The largest absolute Gasteiger partial charge is 0.573 e. The summed E-state index contributed by atoms with van der Waals surface area (Å²) in [5.41, 5.74) is 13.3. The number of hydrogen-bond donors (Lipinski definition) is 2. The highest BCUT2D eigenvalue weighted by atomic mass is 19.4. The number of anilines is 1. The first-order valence-electron chi connectivity index (χ1n) is 11.5. The standard InChI is InChI=1S/C23H32F3N5O2/c1-13(2)30-19(11-18(27)14-8-20(22(28)29-12-14)33-23(24,25)26)21-16-9-15(10-17(16)21)31-4-3-6-32-7-5-31/h8,11-13,15-17,21H,3-7,9-10,27H2,1-2H3,(H2,28,29). The summed E-state index contributed by atoms with van der Waals surface area (Å²) in [6.07, 6.45) is 1.61. The molecule has 4 N–H and O–H groups in total. The molecule has 2 unspecified atom stereocenters. The molecule has 4 rings (SSSR count). The van der Waals surface area contributed by atoms with Crippen molar-refractivity contribution in [1.82, 2.24) is 9.88 Å². The van der Waals surface area contributed by atoms with Gasteiger partial charge in [-0.1, -0.05) is 0 Å². The van der Waals surface area contributed by atoms with Crippen LogP contribution in [0.3, 0.4) is 0 Å². The lowest BCUT2D eigenvalue weighted by Gasteiger charge is -2.28. The molecule has 0 radical (unpaired) electrons. The van der Waals surface area contributed by atoms with Gasteiger partial charge in [0.1, 0.15) is 0 Å². The molecule has 0 spiro atoms. The van der Waals surface area contributed by atoms with Crippen LogP contribution in [0.2, 0.25) is 0 Å². The second-order valence-electron chi connectivity index (χ2n) is 9.38. The van der Waals surface area contributed by atoms with Crippen molar-refractivity contribution >= 4 is 17.2 Å². The van der Waals surface area contributed by atoms with Gasteiger partial charge in [0.05, 0.1) is 6.61 Å². The lowest BCUT2D eigenvalue weighted by Crippen LogP contribution is -2.37. The second-order valence-corrected chi connectivity index (χ2v) is 9.38. The molecular weight excluding hydrogens is 435 g/mol. The van der Waals surface area contributed by atoms with Crippen LogP contribution in [0, 0.1) is 17.8 Å². The smallest absolute Gasteiger partial charge is 0.402 e. The number of allylic oxidation sites excluding steroid dienone is 1. The van der Waals surface area contributed by atoms with E-state index >= 15 is 0 Å². The molecule has 0 amide bonds. The van der Waals surface area contributed by atoms with E-state index in [0.717, 1.165) is 51.3 Å². The summed E-state index contributed by atoms with van der Waals surface area (Å²) in [4.78, 5) is 11.2. The van der Waals surface area contributed by atoms with Gasteiger partial charge in [-0.3, -0.25) is 9.89 Å². The highest BCUT2D eigenvalue weighted by molar-refractivity contribution is 6.04. The Morgan fingerprint density at radius 1 is 1.27 bits per heavy atom. The minimum absolute atomic E-state index is 0.0811.